The molecule has 4 rings (SSSR count). The lowest BCUT2D eigenvalue weighted by Gasteiger charge is -2.55. The standard InChI is InChI=1S/C30H50O4/c1-18(9-12-25(32)27(4,5)33)19-13-15-28(6)20-10-11-22-26(2,3)24(31)14-16-29(22,7)21(20)17-23(28)30(19,8)34/h18-19,22-23,25,32-34H,9-17H2,1-8H3/t18-,19-,22+,23-,25-,28+,29-,30-/m1/s1. The zero-order chi connectivity index (χ0) is 25.5. The first kappa shape index (κ1) is 26.4. The molecule has 4 heteroatoms. The lowest BCUT2D eigenvalue weighted by atomic mass is 9.49. The van der Waals surface area contributed by atoms with Crippen LogP contribution in [0, 0.1) is 39.9 Å². The van der Waals surface area contributed by atoms with Gasteiger partial charge in [-0.15, -0.1) is 0 Å². The summed E-state index contributed by atoms with van der Waals surface area (Å²) in [5.41, 5.74) is 1.19. The van der Waals surface area contributed by atoms with E-state index >= 15 is 0 Å². The second-order valence-electron chi connectivity index (χ2n) is 14.4. The molecule has 2 fully saturated rings. The summed E-state index contributed by atoms with van der Waals surface area (Å²) in [7, 11) is 0. The third-order valence-electron chi connectivity index (χ3n) is 11.7. The van der Waals surface area contributed by atoms with E-state index in [1.54, 1.807) is 25.0 Å². The van der Waals surface area contributed by atoms with Gasteiger partial charge in [0.25, 0.3) is 0 Å². The molecule has 4 aliphatic rings. The minimum atomic E-state index is -1.09. The van der Waals surface area contributed by atoms with E-state index < -0.39 is 17.3 Å². The lowest BCUT2D eigenvalue weighted by Crippen LogP contribution is -2.54. The van der Waals surface area contributed by atoms with Gasteiger partial charge in [0.2, 0.25) is 0 Å². The Bertz CT molecular complexity index is 862. The number of aliphatic hydroxyl groups is 3. The van der Waals surface area contributed by atoms with E-state index in [1.807, 2.05) is 0 Å². The Morgan fingerprint density at radius 2 is 1.56 bits per heavy atom. The van der Waals surface area contributed by atoms with Gasteiger partial charge in [-0.05, 0) is 101 Å². The van der Waals surface area contributed by atoms with Gasteiger partial charge in [0.1, 0.15) is 5.78 Å². The predicted octanol–water partition coefficient (Wildman–Crippen LogP) is 5.82. The van der Waals surface area contributed by atoms with Crippen LogP contribution in [0.25, 0.3) is 0 Å². The molecule has 4 nitrogen and oxygen atoms in total. The third kappa shape index (κ3) is 3.77. The van der Waals surface area contributed by atoms with E-state index in [1.165, 1.54) is 0 Å². The number of aliphatic hydroxyl groups excluding tert-OH is 1. The Balaban J connectivity index is 1.58. The first-order valence-corrected chi connectivity index (χ1v) is 13.9. The monoisotopic (exact) mass is 474 g/mol. The van der Waals surface area contributed by atoms with Crippen molar-refractivity contribution < 1.29 is 20.1 Å². The summed E-state index contributed by atoms with van der Waals surface area (Å²) in [6, 6.07) is 0. The molecule has 0 heterocycles. The summed E-state index contributed by atoms with van der Waals surface area (Å²) >= 11 is 0. The van der Waals surface area contributed by atoms with E-state index in [9.17, 15) is 20.1 Å². The van der Waals surface area contributed by atoms with Gasteiger partial charge in [0.05, 0.1) is 17.3 Å². The van der Waals surface area contributed by atoms with E-state index in [4.69, 9.17) is 0 Å². The fourth-order valence-electron chi connectivity index (χ4n) is 9.33. The van der Waals surface area contributed by atoms with E-state index in [-0.39, 0.29) is 34.0 Å². The Kier molecular flexibility index (Phi) is 6.32. The van der Waals surface area contributed by atoms with Crippen LogP contribution in [0.3, 0.4) is 0 Å². The summed E-state index contributed by atoms with van der Waals surface area (Å²) < 4.78 is 0. The van der Waals surface area contributed by atoms with Crippen molar-refractivity contribution in [1.29, 1.82) is 0 Å². The van der Waals surface area contributed by atoms with Crippen LogP contribution < -0.4 is 0 Å². The predicted molar refractivity (Wildman–Crippen MR) is 136 cm³/mol. The maximum absolute atomic E-state index is 12.8. The smallest absolute Gasteiger partial charge is 0.138 e. The molecule has 0 unspecified atom stereocenters. The second-order valence-corrected chi connectivity index (χ2v) is 14.4. The molecule has 0 radical (unpaired) electrons. The zero-order valence-electron chi connectivity index (χ0n) is 23.0. The molecule has 0 bridgehead atoms. The SMILES string of the molecule is C[C@H](CC[C@@H](O)C(C)(C)O)[C@H]1CC[C@@]2(C)C3=C(C[C@H]2[C@]1(C)O)[C@@]1(C)CCC(=O)C(C)(C)[C@@H]1CC3. The minimum absolute atomic E-state index is 0.0429. The molecule has 194 valence electrons. The van der Waals surface area contributed by atoms with Crippen molar-refractivity contribution in [1.82, 2.24) is 0 Å². The first-order valence-electron chi connectivity index (χ1n) is 13.9. The fraction of sp³-hybridized carbons (Fsp3) is 0.900. The third-order valence-corrected chi connectivity index (χ3v) is 11.7. The summed E-state index contributed by atoms with van der Waals surface area (Å²) in [4.78, 5) is 12.8. The van der Waals surface area contributed by atoms with Gasteiger partial charge in [0, 0.05) is 17.8 Å². The number of hydrogen-bond donors (Lipinski definition) is 3. The molecule has 34 heavy (non-hydrogen) atoms. The van der Waals surface area contributed by atoms with Crippen molar-refractivity contribution >= 4 is 5.78 Å². The Morgan fingerprint density at radius 3 is 2.18 bits per heavy atom. The normalized spacial score (nSPS) is 43.7. The van der Waals surface area contributed by atoms with Crippen molar-refractivity contribution in [3.05, 3.63) is 11.1 Å². The van der Waals surface area contributed by atoms with Gasteiger partial charge in [0.15, 0.2) is 0 Å². The van der Waals surface area contributed by atoms with Crippen molar-refractivity contribution in [3.63, 3.8) is 0 Å². The number of Topliss-reactive ketones (excluding diaryl/α,β-unsaturated/α-hetero) is 1. The van der Waals surface area contributed by atoms with Gasteiger partial charge in [-0.25, -0.2) is 0 Å². The Morgan fingerprint density at radius 1 is 0.941 bits per heavy atom. The van der Waals surface area contributed by atoms with Crippen molar-refractivity contribution in [2.75, 3.05) is 0 Å². The van der Waals surface area contributed by atoms with Crippen LogP contribution in [0.2, 0.25) is 0 Å². The number of carbonyl (C=O) groups is 1. The molecule has 2 saturated carbocycles. The summed E-state index contributed by atoms with van der Waals surface area (Å²) in [5, 5.41) is 32.6. The molecule has 4 aliphatic carbocycles. The molecule has 8 atom stereocenters. The van der Waals surface area contributed by atoms with Crippen LogP contribution in [0.5, 0.6) is 0 Å². The van der Waals surface area contributed by atoms with Crippen molar-refractivity contribution in [2.45, 2.75) is 130 Å². The average Bonchev–Trinajstić information content (AvgIpc) is 3.03. The fourth-order valence-corrected chi connectivity index (χ4v) is 9.33. The molecule has 0 amide bonds. The van der Waals surface area contributed by atoms with Gasteiger partial charge in [-0.3, -0.25) is 4.79 Å². The highest BCUT2D eigenvalue weighted by atomic mass is 16.3. The van der Waals surface area contributed by atoms with Crippen LogP contribution in [0.4, 0.5) is 0 Å². The number of allylic oxidation sites excluding steroid dienone is 2. The van der Waals surface area contributed by atoms with E-state index in [2.05, 4.69) is 41.5 Å². The van der Waals surface area contributed by atoms with Crippen molar-refractivity contribution in [3.8, 4) is 0 Å². The van der Waals surface area contributed by atoms with Crippen LogP contribution in [0.15, 0.2) is 11.1 Å². The highest BCUT2D eigenvalue weighted by Crippen LogP contribution is 2.70. The highest BCUT2D eigenvalue weighted by Gasteiger charge is 2.64. The average molecular weight is 475 g/mol. The van der Waals surface area contributed by atoms with Crippen LogP contribution in [0.1, 0.15) is 113 Å². The Labute approximate surface area is 207 Å². The molecular formula is C30H50O4. The molecule has 3 N–H and O–H groups in total. The van der Waals surface area contributed by atoms with Crippen LogP contribution >= 0.6 is 0 Å². The zero-order valence-corrected chi connectivity index (χ0v) is 23.0. The van der Waals surface area contributed by atoms with Crippen molar-refractivity contribution in [2.24, 2.45) is 39.9 Å². The van der Waals surface area contributed by atoms with E-state index in [0.29, 0.717) is 24.5 Å². The van der Waals surface area contributed by atoms with Gasteiger partial charge < -0.3 is 15.3 Å². The minimum Gasteiger partial charge on any atom is -0.390 e. The van der Waals surface area contributed by atoms with Gasteiger partial charge in [-0.2, -0.15) is 0 Å². The Hall–Kier alpha value is -0.710. The molecule has 0 aromatic heterocycles. The maximum Gasteiger partial charge on any atom is 0.138 e. The van der Waals surface area contributed by atoms with Crippen LogP contribution in [-0.4, -0.2) is 38.4 Å². The summed E-state index contributed by atoms with van der Waals surface area (Å²) in [6.45, 7) is 16.8. The summed E-state index contributed by atoms with van der Waals surface area (Å²) in [6.07, 6.45) is 7.49. The number of carbonyl (C=O) groups excluding carboxylic acids is 1. The first-order chi connectivity index (χ1) is 15.5. The number of hydrogen-bond acceptors (Lipinski definition) is 4. The molecule has 0 saturated heterocycles. The van der Waals surface area contributed by atoms with Gasteiger partial charge in [-0.1, -0.05) is 45.8 Å². The molecule has 0 aromatic carbocycles. The topological polar surface area (TPSA) is 77.8 Å². The molecule has 0 aromatic rings. The van der Waals surface area contributed by atoms with E-state index in [0.717, 1.165) is 44.9 Å². The molecule has 0 aliphatic heterocycles. The number of rotatable bonds is 5. The molecular weight excluding hydrogens is 424 g/mol. The molecule has 0 spiro atoms. The maximum atomic E-state index is 12.8. The largest absolute Gasteiger partial charge is 0.390 e. The highest BCUT2D eigenvalue weighted by molar-refractivity contribution is 5.85. The number of ketones is 1. The quantitative estimate of drug-likeness (QED) is 0.439. The number of fused-ring (bicyclic) bond motifs is 4. The second kappa shape index (κ2) is 8.15. The van der Waals surface area contributed by atoms with Gasteiger partial charge >= 0.3 is 0 Å². The summed E-state index contributed by atoms with van der Waals surface area (Å²) in [5.74, 6) is 1.50. The lowest BCUT2D eigenvalue weighted by molar-refractivity contribution is -0.139. The van der Waals surface area contributed by atoms with Crippen LogP contribution in [-0.2, 0) is 4.79 Å².